The summed E-state index contributed by atoms with van der Waals surface area (Å²) in [5.74, 6) is -0.548. The number of nitrogen functional groups attached to an aromatic ring is 1. The van der Waals surface area contributed by atoms with Crippen molar-refractivity contribution in [1.29, 1.82) is 0 Å². The minimum atomic E-state index is -0.276. The van der Waals surface area contributed by atoms with Crippen LogP contribution in [0.2, 0.25) is 0 Å². The average Bonchev–Trinajstić information content (AvgIpc) is 3.06. The zero-order valence-corrected chi connectivity index (χ0v) is 15.7. The lowest BCUT2D eigenvalue weighted by molar-refractivity contribution is 0.0959. The van der Waals surface area contributed by atoms with Crippen LogP contribution < -0.4 is 11.1 Å². The molecule has 3 aromatic heterocycles. The molecule has 0 aliphatic rings. The molecule has 3 N–H and O–H groups in total. The van der Waals surface area contributed by atoms with Gasteiger partial charge < -0.3 is 11.1 Å². The number of fused-ring (bicyclic) bond motifs is 1. The first-order chi connectivity index (χ1) is 13.6. The lowest BCUT2D eigenvalue weighted by atomic mass is 10.1. The number of amides is 1. The summed E-state index contributed by atoms with van der Waals surface area (Å²) in [6.07, 6.45) is 3.82. The number of halogens is 1. The first-order valence-electron chi connectivity index (χ1n) is 8.74. The normalized spacial score (nSPS) is 10.9. The Kier molecular flexibility index (Phi) is 4.99. The van der Waals surface area contributed by atoms with E-state index in [9.17, 15) is 9.18 Å². The molecule has 0 radical (unpaired) electrons. The van der Waals surface area contributed by atoms with Crippen LogP contribution in [0.4, 0.5) is 10.1 Å². The van der Waals surface area contributed by atoms with Crippen molar-refractivity contribution >= 4 is 33.1 Å². The third-order valence-electron chi connectivity index (χ3n) is 4.41. The average molecular weight is 392 g/mol. The second-order valence-electron chi connectivity index (χ2n) is 6.23. The molecule has 0 saturated carbocycles. The van der Waals surface area contributed by atoms with E-state index in [-0.39, 0.29) is 11.7 Å². The minimum Gasteiger partial charge on any atom is -0.397 e. The highest BCUT2D eigenvalue weighted by atomic mass is 32.1. The van der Waals surface area contributed by atoms with Gasteiger partial charge >= 0.3 is 0 Å². The number of benzene rings is 1. The molecule has 1 amide bonds. The number of hydrogen-bond donors (Lipinski definition) is 2. The van der Waals surface area contributed by atoms with Crippen molar-refractivity contribution in [3.8, 4) is 11.3 Å². The van der Waals surface area contributed by atoms with Crippen LogP contribution in [-0.2, 0) is 6.42 Å². The van der Waals surface area contributed by atoms with E-state index in [0.717, 1.165) is 16.6 Å². The van der Waals surface area contributed by atoms with E-state index in [0.29, 0.717) is 33.9 Å². The van der Waals surface area contributed by atoms with Gasteiger partial charge in [0.1, 0.15) is 15.5 Å². The summed E-state index contributed by atoms with van der Waals surface area (Å²) in [7, 11) is 0. The number of thiophene rings is 1. The molecular formula is C21H17FN4OS. The number of nitrogens with one attached hydrogen (secondary N) is 1. The van der Waals surface area contributed by atoms with E-state index < -0.39 is 0 Å². The zero-order chi connectivity index (χ0) is 19.5. The Labute approximate surface area is 165 Å². The second kappa shape index (κ2) is 7.74. The summed E-state index contributed by atoms with van der Waals surface area (Å²) >= 11 is 1.25. The molecule has 0 aliphatic heterocycles. The Hall–Kier alpha value is -3.32. The third-order valence-corrected chi connectivity index (χ3v) is 5.53. The van der Waals surface area contributed by atoms with Gasteiger partial charge in [-0.3, -0.25) is 9.78 Å². The van der Waals surface area contributed by atoms with Crippen LogP contribution in [0.1, 0.15) is 15.2 Å². The molecule has 0 atom stereocenters. The largest absolute Gasteiger partial charge is 0.397 e. The first kappa shape index (κ1) is 18.1. The van der Waals surface area contributed by atoms with Gasteiger partial charge in [-0.1, -0.05) is 18.2 Å². The lowest BCUT2D eigenvalue weighted by Gasteiger charge is -2.05. The van der Waals surface area contributed by atoms with Gasteiger partial charge in [-0.2, -0.15) is 0 Å². The predicted octanol–water partition coefficient (Wildman–Crippen LogP) is 4.05. The molecule has 0 spiro atoms. The standard InChI is InChI=1S/C21H17FN4OS/c22-16-4-2-1-3-13(16)9-12-25-20(27)19-18(23)15-5-6-17(26-21(15)28-19)14-7-10-24-11-8-14/h1-8,10-11H,9,12,23H2,(H,25,27). The van der Waals surface area contributed by atoms with Gasteiger partial charge in [0.15, 0.2) is 0 Å². The summed E-state index contributed by atoms with van der Waals surface area (Å²) in [5, 5.41) is 3.56. The number of carbonyl (C=O) groups excluding carboxylic acids is 1. The zero-order valence-electron chi connectivity index (χ0n) is 14.9. The molecule has 0 aliphatic carbocycles. The van der Waals surface area contributed by atoms with Crippen molar-refractivity contribution in [2.75, 3.05) is 12.3 Å². The quantitative estimate of drug-likeness (QED) is 0.537. The van der Waals surface area contributed by atoms with Crippen LogP contribution in [0.5, 0.6) is 0 Å². The van der Waals surface area contributed by atoms with Gasteiger partial charge in [0.25, 0.3) is 5.91 Å². The van der Waals surface area contributed by atoms with Crippen molar-refractivity contribution in [3.05, 3.63) is 77.2 Å². The van der Waals surface area contributed by atoms with Crippen molar-refractivity contribution in [1.82, 2.24) is 15.3 Å². The molecule has 0 bridgehead atoms. The van der Waals surface area contributed by atoms with Gasteiger partial charge in [-0.25, -0.2) is 9.37 Å². The van der Waals surface area contributed by atoms with E-state index >= 15 is 0 Å². The molecule has 7 heteroatoms. The number of nitrogens with two attached hydrogens (primary N) is 1. The Bertz CT molecular complexity index is 1140. The van der Waals surface area contributed by atoms with Gasteiger partial charge in [0.05, 0.1) is 11.4 Å². The van der Waals surface area contributed by atoms with Crippen molar-refractivity contribution in [2.45, 2.75) is 6.42 Å². The summed E-state index contributed by atoms with van der Waals surface area (Å²) < 4.78 is 13.7. The van der Waals surface area contributed by atoms with Gasteiger partial charge in [0, 0.05) is 29.9 Å². The molecule has 3 heterocycles. The van der Waals surface area contributed by atoms with Crippen LogP contribution in [0.3, 0.4) is 0 Å². The van der Waals surface area contributed by atoms with Crippen LogP contribution >= 0.6 is 11.3 Å². The number of carbonyl (C=O) groups is 1. The van der Waals surface area contributed by atoms with Crippen molar-refractivity contribution < 1.29 is 9.18 Å². The number of rotatable bonds is 5. The molecule has 0 saturated heterocycles. The summed E-state index contributed by atoms with van der Waals surface area (Å²) in [6, 6.07) is 14.0. The van der Waals surface area contributed by atoms with Gasteiger partial charge in [-0.05, 0) is 42.3 Å². The van der Waals surface area contributed by atoms with Crippen molar-refractivity contribution in [3.63, 3.8) is 0 Å². The molecular weight excluding hydrogens is 375 g/mol. The van der Waals surface area contributed by atoms with E-state index in [4.69, 9.17) is 5.73 Å². The maximum atomic E-state index is 13.7. The minimum absolute atomic E-state index is 0.272. The molecule has 140 valence electrons. The number of aromatic nitrogens is 2. The fourth-order valence-electron chi connectivity index (χ4n) is 2.94. The number of anilines is 1. The summed E-state index contributed by atoms with van der Waals surface area (Å²) in [6.45, 7) is 0.323. The van der Waals surface area contributed by atoms with Gasteiger partial charge in [-0.15, -0.1) is 11.3 Å². The molecule has 4 aromatic rings. The number of hydrogen-bond acceptors (Lipinski definition) is 5. The van der Waals surface area contributed by atoms with Crippen molar-refractivity contribution in [2.24, 2.45) is 0 Å². The molecule has 5 nitrogen and oxygen atoms in total. The Morgan fingerprint density at radius 3 is 2.68 bits per heavy atom. The van der Waals surface area contributed by atoms with E-state index in [1.54, 1.807) is 30.6 Å². The monoisotopic (exact) mass is 392 g/mol. The molecule has 28 heavy (non-hydrogen) atoms. The summed E-state index contributed by atoms with van der Waals surface area (Å²) in [4.78, 5) is 22.3. The smallest absolute Gasteiger partial charge is 0.263 e. The van der Waals surface area contributed by atoms with Crippen LogP contribution in [-0.4, -0.2) is 22.4 Å². The van der Waals surface area contributed by atoms with E-state index in [1.165, 1.54) is 17.4 Å². The first-order valence-corrected chi connectivity index (χ1v) is 9.56. The maximum Gasteiger partial charge on any atom is 0.263 e. The van der Waals surface area contributed by atoms with E-state index in [1.807, 2.05) is 24.3 Å². The fourth-order valence-corrected chi connectivity index (χ4v) is 3.95. The van der Waals surface area contributed by atoms with Gasteiger partial charge in [0.2, 0.25) is 0 Å². The number of nitrogens with zero attached hydrogens (tertiary/aromatic N) is 2. The van der Waals surface area contributed by atoms with Crippen LogP contribution in [0.25, 0.3) is 21.5 Å². The van der Waals surface area contributed by atoms with Crippen LogP contribution in [0, 0.1) is 5.82 Å². The SMILES string of the molecule is Nc1c(C(=O)NCCc2ccccc2F)sc2nc(-c3ccncc3)ccc12. The summed E-state index contributed by atoms with van der Waals surface area (Å²) in [5.41, 5.74) is 8.89. The lowest BCUT2D eigenvalue weighted by Crippen LogP contribution is -2.25. The Morgan fingerprint density at radius 2 is 1.89 bits per heavy atom. The molecule has 0 unspecified atom stereocenters. The second-order valence-corrected chi connectivity index (χ2v) is 7.23. The highest BCUT2D eigenvalue weighted by Crippen LogP contribution is 2.34. The topological polar surface area (TPSA) is 80.9 Å². The Morgan fingerprint density at radius 1 is 1.11 bits per heavy atom. The molecule has 1 aromatic carbocycles. The molecule has 0 fully saturated rings. The number of pyridine rings is 2. The molecule has 4 rings (SSSR count). The fraction of sp³-hybridized carbons (Fsp3) is 0.0952. The highest BCUT2D eigenvalue weighted by molar-refractivity contribution is 7.21. The maximum absolute atomic E-state index is 13.7. The highest BCUT2D eigenvalue weighted by Gasteiger charge is 2.17. The Balaban J connectivity index is 1.52. The third kappa shape index (κ3) is 3.57. The van der Waals surface area contributed by atoms with E-state index in [2.05, 4.69) is 15.3 Å². The predicted molar refractivity (Wildman–Crippen MR) is 110 cm³/mol. The van der Waals surface area contributed by atoms with Crippen LogP contribution in [0.15, 0.2) is 60.9 Å².